The number of rotatable bonds is 7. The SMILES string of the molecule is CCC(OC1CCCCO1)C(C)N(C#N)Cc1ccccc1. The maximum absolute atomic E-state index is 9.50. The molecule has 4 nitrogen and oxygen atoms in total. The van der Waals surface area contributed by atoms with Gasteiger partial charge in [0.15, 0.2) is 12.5 Å². The zero-order valence-electron chi connectivity index (χ0n) is 13.6. The quantitative estimate of drug-likeness (QED) is 0.569. The van der Waals surface area contributed by atoms with Crippen LogP contribution >= 0.6 is 0 Å². The first-order chi connectivity index (χ1) is 10.7. The van der Waals surface area contributed by atoms with Gasteiger partial charge in [-0.25, -0.2) is 0 Å². The van der Waals surface area contributed by atoms with Crippen molar-refractivity contribution in [1.82, 2.24) is 4.90 Å². The van der Waals surface area contributed by atoms with Crippen LogP contribution in [0, 0.1) is 11.5 Å². The Labute approximate surface area is 133 Å². The molecule has 1 fully saturated rings. The number of benzene rings is 1. The average molecular weight is 302 g/mol. The molecule has 0 saturated carbocycles. The first-order valence-electron chi connectivity index (χ1n) is 8.22. The van der Waals surface area contributed by atoms with E-state index in [1.165, 1.54) is 0 Å². The molecule has 3 unspecified atom stereocenters. The molecule has 1 aliphatic rings. The first kappa shape index (κ1) is 16.8. The van der Waals surface area contributed by atoms with Gasteiger partial charge in [-0.3, -0.25) is 0 Å². The molecule has 1 heterocycles. The third kappa shape index (κ3) is 4.72. The topological polar surface area (TPSA) is 45.5 Å². The zero-order chi connectivity index (χ0) is 15.8. The van der Waals surface area contributed by atoms with E-state index in [2.05, 4.69) is 20.0 Å². The van der Waals surface area contributed by atoms with Crippen LogP contribution in [0.2, 0.25) is 0 Å². The van der Waals surface area contributed by atoms with Crippen LogP contribution in [0.1, 0.15) is 45.1 Å². The normalized spacial score (nSPS) is 20.9. The molecule has 1 aromatic rings. The van der Waals surface area contributed by atoms with E-state index in [4.69, 9.17) is 9.47 Å². The lowest BCUT2D eigenvalue weighted by molar-refractivity contribution is -0.198. The zero-order valence-corrected chi connectivity index (χ0v) is 13.6. The number of hydrogen-bond acceptors (Lipinski definition) is 4. The molecule has 3 atom stereocenters. The largest absolute Gasteiger partial charge is 0.353 e. The van der Waals surface area contributed by atoms with Crippen LogP contribution in [0.15, 0.2) is 30.3 Å². The third-order valence-corrected chi connectivity index (χ3v) is 4.22. The van der Waals surface area contributed by atoms with Crippen LogP contribution in [0.4, 0.5) is 0 Å². The van der Waals surface area contributed by atoms with Crippen molar-refractivity contribution in [1.29, 1.82) is 5.26 Å². The van der Waals surface area contributed by atoms with Crippen LogP contribution in [0.3, 0.4) is 0 Å². The smallest absolute Gasteiger partial charge is 0.179 e. The van der Waals surface area contributed by atoms with E-state index in [0.29, 0.717) is 6.54 Å². The molecule has 0 aromatic heterocycles. The van der Waals surface area contributed by atoms with Gasteiger partial charge in [-0.05, 0) is 38.2 Å². The van der Waals surface area contributed by atoms with E-state index in [1.54, 1.807) is 4.90 Å². The number of nitrogens with zero attached hydrogens (tertiary/aromatic N) is 2. The molecular weight excluding hydrogens is 276 g/mol. The molecule has 1 aliphatic heterocycles. The molecule has 0 spiro atoms. The van der Waals surface area contributed by atoms with Gasteiger partial charge >= 0.3 is 0 Å². The molecule has 2 rings (SSSR count). The van der Waals surface area contributed by atoms with Crippen molar-refractivity contribution in [2.45, 2.75) is 64.5 Å². The highest BCUT2D eigenvalue weighted by Gasteiger charge is 2.26. The molecule has 0 N–H and O–H groups in total. The van der Waals surface area contributed by atoms with Gasteiger partial charge in [-0.1, -0.05) is 37.3 Å². The molecule has 4 heteroatoms. The van der Waals surface area contributed by atoms with Crippen molar-refractivity contribution in [2.24, 2.45) is 0 Å². The fourth-order valence-corrected chi connectivity index (χ4v) is 2.82. The minimum Gasteiger partial charge on any atom is -0.353 e. The van der Waals surface area contributed by atoms with Crippen molar-refractivity contribution in [2.75, 3.05) is 6.61 Å². The summed E-state index contributed by atoms with van der Waals surface area (Å²) in [5.74, 6) is 0. The van der Waals surface area contributed by atoms with Gasteiger partial charge < -0.3 is 14.4 Å². The van der Waals surface area contributed by atoms with E-state index >= 15 is 0 Å². The lowest BCUT2D eigenvalue weighted by atomic mass is 10.1. The van der Waals surface area contributed by atoms with Crippen LogP contribution < -0.4 is 0 Å². The second-order valence-electron chi connectivity index (χ2n) is 5.83. The fourth-order valence-electron chi connectivity index (χ4n) is 2.82. The van der Waals surface area contributed by atoms with E-state index < -0.39 is 0 Å². The summed E-state index contributed by atoms with van der Waals surface area (Å²) in [4.78, 5) is 1.80. The number of nitriles is 1. The summed E-state index contributed by atoms with van der Waals surface area (Å²) in [6, 6.07) is 10.1. The van der Waals surface area contributed by atoms with Crippen molar-refractivity contribution >= 4 is 0 Å². The first-order valence-corrected chi connectivity index (χ1v) is 8.22. The minimum atomic E-state index is -0.113. The van der Waals surface area contributed by atoms with Crippen molar-refractivity contribution in [3.63, 3.8) is 0 Å². The number of ether oxygens (including phenoxy) is 2. The molecule has 0 radical (unpaired) electrons. The van der Waals surface area contributed by atoms with Crippen LogP contribution in [-0.2, 0) is 16.0 Å². The summed E-state index contributed by atoms with van der Waals surface area (Å²) in [5, 5.41) is 9.50. The Morgan fingerprint density at radius 1 is 1.36 bits per heavy atom. The van der Waals surface area contributed by atoms with E-state index in [9.17, 15) is 5.26 Å². The molecule has 1 saturated heterocycles. The van der Waals surface area contributed by atoms with Crippen molar-refractivity contribution in [3.8, 4) is 6.19 Å². The summed E-state index contributed by atoms with van der Waals surface area (Å²) < 4.78 is 11.8. The maximum Gasteiger partial charge on any atom is 0.179 e. The Hall–Kier alpha value is -1.57. The predicted octanol–water partition coefficient (Wildman–Crippen LogP) is 3.68. The standard InChI is InChI=1S/C18H26N2O2/c1-3-17(22-18-11-7-8-12-21-18)15(2)20(14-19)13-16-9-5-4-6-10-16/h4-6,9-10,15,17-18H,3,7-8,11-13H2,1-2H3. The lowest BCUT2D eigenvalue weighted by Crippen LogP contribution is -2.42. The maximum atomic E-state index is 9.50. The molecule has 0 aliphatic carbocycles. The second kappa shape index (κ2) is 8.77. The van der Waals surface area contributed by atoms with Crippen molar-refractivity contribution < 1.29 is 9.47 Å². The van der Waals surface area contributed by atoms with E-state index in [1.807, 2.05) is 30.3 Å². The summed E-state index contributed by atoms with van der Waals surface area (Å²) in [7, 11) is 0. The van der Waals surface area contributed by atoms with Crippen molar-refractivity contribution in [3.05, 3.63) is 35.9 Å². The third-order valence-electron chi connectivity index (χ3n) is 4.22. The van der Waals surface area contributed by atoms with Gasteiger partial charge in [-0.2, -0.15) is 5.26 Å². The highest BCUT2D eigenvalue weighted by Crippen LogP contribution is 2.21. The average Bonchev–Trinajstić information content (AvgIpc) is 2.59. The summed E-state index contributed by atoms with van der Waals surface area (Å²) in [6.07, 6.45) is 6.30. The second-order valence-corrected chi connectivity index (χ2v) is 5.83. The van der Waals surface area contributed by atoms with Crippen LogP contribution in [0.25, 0.3) is 0 Å². The fraction of sp³-hybridized carbons (Fsp3) is 0.611. The lowest BCUT2D eigenvalue weighted by Gasteiger charge is -2.34. The van der Waals surface area contributed by atoms with Gasteiger partial charge in [0.1, 0.15) is 0 Å². The highest BCUT2D eigenvalue weighted by molar-refractivity contribution is 5.15. The van der Waals surface area contributed by atoms with Crippen LogP contribution in [0.5, 0.6) is 0 Å². The van der Waals surface area contributed by atoms with Gasteiger partial charge in [0.25, 0.3) is 0 Å². The minimum absolute atomic E-state index is 0.00598. The predicted molar refractivity (Wildman–Crippen MR) is 85.8 cm³/mol. The molecular formula is C18H26N2O2. The monoisotopic (exact) mass is 302 g/mol. The Kier molecular flexibility index (Phi) is 6.70. The molecule has 1 aromatic carbocycles. The summed E-state index contributed by atoms with van der Waals surface area (Å²) in [5.41, 5.74) is 1.14. The highest BCUT2D eigenvalue weighted by atomic mass is 16.7. The Balaban J connectivity index is 1.95. The Morgan fingerprint density at radius 3 is 2.73 bits per heavy atom. The van der Waals surface area contributed by atoms with Gasteiger partial charge in [0, 0.05) is 6.61 Å². The molecule has 22 heavy (non-hydrogen) atoms. The Morgan fingerprint density at radius 2 is 2.14 bits per heavy atom. The molecule has 0 bridgehead atoms. The summed E-state index contributed by atoms with van der Waals surface area (Å²) in [6.45, 7) is 5.55. The number of hydrogen-bond donors (Lipinski definition) is 0. The van der Waals surface area contributed by atoms with Gasteiger partial charge in [0.2, 0.25) is 0 Å². The Bertz CT molecular complexity index is 466. The van der Waals surface area contributed by atoms with E-state index in [0.717, 1.165) is 37.9 Å². The van der Waals surface area contributed by atoms with Gasteiger partial charge in [-0.15, -0.1) is 0 Å². The molecule has 120 valence electrons. The summed E-state index contributed by atoms with van der Waals surface area (Å²) >= 11 is 0. The van der Waals surface area contributed by atoms with Crippen LogP contribution in [-0.4, -0.2) is 29.9 Å². The van der Waals surface area contributed by atoms with Gasteiger partial charge in [0.05, 0.1) is 18.7 Å². The molecule has 0 amide bonds. The van der Waals surface area contributed by atoms with E-state index in [-0.39, 0.29) is 18.4 Å².